The highest BCUT2D eigenvalue weighted by Gasteiger charge is 2.18. The zero-order valence-electron chi connectivity index (χ0n) is 9.89. The molecule has 1 aromatic carbocycles. The molecule has 3 heteroatoms. The summed E-state index contributed by atoms with van der Waals surface area (Å²) in [5, 5.41) is 1.05. The Morgan fingerprint density at radius 3 is 3.00 bits per heavy atom. The summed E-state index contributed by atoms with van der Waals surface area (Å²) in [5.41, 5.74) is 4.22. The number of benzene rings is 1. The molecule has 4 rings (SSSR count). The summed E-state index contributed by atoms with van der Waals surface area (Å²) in [5.74, 6) is 0. The molecule has 0 aliphatic heterocycles. The van der Waals surface area contributed by atoms with Gasteiger partial charge >= 0.3 is 0 Å². The number of aromatic nitrogens is 2. The Bertz CT molecular complexity index is 833. The van der Waals surface area contributed by atoms with E-state index in [0.717, 1.165) is 46.9 Å². The SMILES string of the molecule is O=c1cc2c3ccccc3ncn2c2c1CCC2. The molecule has 18 heavy (non-hydrogen) atoms. The van der Waals surface area contributed by atoms with E-state index in [4.69, 9.17) is 0 Å². The van der Waals surface area contributed by atoms with E-state index in [9.17, 15) is 4.79 Å². The Kier molecular flexibility index (Phi) is 1.87. The molecule has 0 bridgehead atoms. The van der Waals surface area contributed by atoms with Gasteiger partial charge in [-0.3, -0.25) is 4.79 Å². The minimum absolute atomic E-state index is 0.179. The van der Waals surface area contributed by atoms with E-state index in [-0.39, 0.29) is 5.43 Å². The molecule has 0 N–H and O–H groups in total. The van der Waals surface area contributed by atoms with Gasteiger partial charge in [0.1, 0.15) is 6.33 Å². The number of pyridine rings is 1. The summed E-state index contributed by atoms with van der Waals surface area (Å²) < 4.78 is 2.09. The Labute approximate surface area is 104 Å². The summed E-state index contributed by atoms with van der Waals surface area (Å²) in [6.07, 6.45) is 4.81. The summed E-state index contributed by atoms with van der Waals surface area (Å²) in [4.78, 5) is 16.6. The van der Waals surface area contributed by atoms with E-state index in [1.54, 1.807) is 6.07 Å². The molecule has 1 aliphatic carbocycles. The highest BCUT2D eigenvalue weighted by atomic mass is 16.1. The van der Waals surface area contributed by atoms with Crippen LogP contribution in [0.15, 0.2) is 41.5 Å². The number of rotatable bonds is 0. The van der Waals surface area contributed by atoms with Gasteiger partial charge in [0.15, 0.2) is 5.43 Å². The van der Waals surface area contributed by atoms with Crippen LogP contribution in [0.3, 0.4) is 0 Å². The van der Waals surface area contributed by atoms with Crippen molar-refractivity contribution in [1.29, 1.82) is 0 Å². The first-order valence-corrected chi connectivity index (χ1v) is 6.25. The molecule has 0 saturated carbocycles. The molecule has 3 aromatic rings. The molecule has 0 atom stereocenters. The van der Waals surface area contributed by atoms with Gasteiger partial charge in [0.25, 0.3) is 0 Å². The minimum Gasteiger partial charge on any atom is -0.304 e. The molecule has 1 aliphatic rings. The number of hydrogen-bond donors (Lipinski definition) is 0. The Morgan fingerprint density at radius 1 is 1.17 bits per heavy atom. The highest BCUT2D eigenvalue weighted by molar-refractivity contribution is 5.93. The lowest BCUT2D eigenvalue weighted by Crippen LogP contribution is -2.12. The van der Waals surface area contributed by atoms with Crippen molar-refractivity contribution >= 4 is 16.4 Å². The quantitative estimate of drug-likeness (QED) is 0.561. The van der Waals surface area contributed by atoms with Crippen LogP contribution in [-0.2, 0) is 12.8 Å². The lowest BCUT2D eigenvalue weighted by atomic mass is 10.1. The average molecular weight is 236 g/mol. The van der Waals surface area contributed by atoms with E-state index in [1.807, 2.05) is 30.6 Å². The number of hydrogen-bond acceptors (Lipinski definition) is 2. The van der Waals surface area contributed by atoms with Crippen molar-refractivity contribution in [2.45, 2.75) is 19.3 Å². The van der Waals surface area contributed by atoms with Gasteiger partial charge in [-0.15, -0.1) is 0 Å². The van der Waals surface area contributed by atoms with Crippen LogP contribution < -0.4 is 5.43 Å². The van der Waals surface area contributed by atoms with Crippen LogP contribution >= 0.6 is 0 Å². The minimum atomic E-state index is 0.179. The smallest absolute Gasteiger partial charge is 0.185 e. The molecule has 0 radical (unpaired) electrons. The second-order valence-corrected chi connectivity index (χ2v) is 4.80. The van der Waals surface area contributed by atoms with Crippen LogP contribution in [0.5, 0.6) is 0 Å². The van der Waals surface area contributed by atoms with Crippen LogP contribution in [0, 0.1) is 0 Å². The van der Waals surface area contributed by atoms with E-state index in [0.29, 0.717) is 0 Å². The predicted molar refractivity (Wildman–Crippen MR) is 71.0 cm³/mol. The zero-order chi connectivity index (χ0) is 12.1. The maximum absolute atomic E-state index is 12.1. The first kappa shape index (κ1) is 9.83. The van der Waals surface area contributed by atoms with E-state index < -0.39 is 0 Å². The second kappa shape index (κ2) is 3.42. The second-order valence-electron chi connectivity index (χ2n) is 4.80. The van der Waals surface area contributed by atoms with Crippen molar-refractivity contribution in [3.8, 4) is 0 Å². The summed E-state index contributed by atoms with van der Waals surface area (Å²) in [7, 11) is 0. The first-order chi connectivity index (χ1) is 8.84. The van der Waals surface area contributed by atoms with Gasteiger partial charge in [-0.2, -0.15) is 0 Å². The number of fused-ring (bicyclic) bond motifs is 5. The van der Waals surface area contributed by atoms with Crippen molar-refractivity contribution < 1.29 is 0 Å². The van der Waals surface area contributed by atoms with Crippen LogP contribution in [0.4, 0.5) is 0 Å². The fourth-order valence-corrected chi connectivity index (χ4v) is 2.95. The highest BCUT2D eigenvalue weighted by Crippen LogP contribution is 2.23. The van der Waals surface area contributed by atoms with Crippen LogP contribution in [0.25, 0.3) is 16.4 Å². The Balaban J connectivity index is 2.28. The van der Waals surface area contributed by atoms with Gasteiger partial charge in [-0.05, 0) is 25.3 Å². The maximum atomic E-state index is 12.1. The van der Waals surface area contributed by atoms with Gasteiger partial charge in [-0.1, -0.05) is 18.2 Å². The molecule has 88 valence electrons. The fraction of sp³-hybridized carbons (Fsp3) is 0.200. The van der Waals surface area contributed by atoms with E-state index in [2.05, 4.69) is 9.38 Å². The van der Waals surface area contributed by atoms with Crippen molar-refractivity contribution in [3.63, 3.8) is 0 Å². The molecular formula is C15H12N2O. The first-order valence-electron chi connectivity index (χ1n) is 6.25. The fourth-order valence-electron chi connectivity index (χ4n) is 2.95. The number of para-hydroxylation sites is 1. The molecule has 2 heterocycles. The number of aryl methyl sites for hydroxylation is 1. The molecule has 0 spiro atoms. The third-order valence-corrected chi connectivity index (χ3v) is 3.80. The lowest BCUT2D eigenvalue weighted by molar-refractivity contribution is 0.883. The molecule has 0 saturated heterocycles. The van der Waals surface area contributed by atoms with Crippen molar-refractivity contribution in [2.75, 3.05) is 0 Å². The van der Waals surface area contributed by atoms with Gasteiger partial charge in [0, 0.05) is 22.7 Å². The molecule has 3 nitrogen and oxygen atoms in total. The van der Waals surface area contributed by atoms with Crippen LogP contribution in [0.2, 0.25) is 0 Å². The lowest BCUT2D eigenvalue weighted by Gasteiger charge is -2.09. The normalized spacial score (nSPS) is 14.2. The van der Waals surface area contributed by atoms with E-state index >= 15 is 0 Å². The van der Waals surface area contributed by atoms with Crippen molar-refractivity contribution in [1.82, 2.24) is 9.38 Å². The van der Waals surface area contributed by atoms with Crippen molar-refractivity contribution in [3.05, 3.63) is 58.1 Å². The molecule has 2 aromatic heterocycles. The summed E-state index contributed by atoms with van der Waals surface area (Å²) in [6.45, 7) is 0. The largest absolute Gasteiger partial charge is 0.304 e. The summed E-state index contributed by atoms with van der Waals surface area (Å²) >= 11 is 0. The van der Waals surface area contributed by atoms with Crippen molar-refractivity contribution in [2.24, 2.45) is 0 Å². The van der Waals surface area contributed by atoms with Gasteiger partial charge in [0.05, 0.1) is 11.0 Å². The Morgan fingerprint density at radius 2 is 2.06 bits per heavy atom. The van der Waals surface area contributed by atoms with Crippen LogP contribution in [-0.4, -0.2) is 9.38 Å². The van der Waals surface area contributed by atoms with Crippen LogP contribution in [0.1, 0.15) is 17.7 Å². The molecule has 0 unspecified atom stereocenters. The van der Waals surface area contributed by atoms with E-state index in [1.165, 1.54) is 0 Å². The molecule has 0 amide bonds. The molecular weight excluding hydrogens is 224 g/mol. The Hall–Kier alpha value is -2.16. The predicted octanol–water partition coefficient (Wildman–Crippen LogP) is 2.34. The monoisotopic (exact) mass is 236 g/mol. The standard InChI is InChI=1S/C15H12N2O/c18-15-8-14-10-4-1-2-6-12(10)16-9-17(14)13-7-3-5-11(13)15/h1-2,4,6,8-9H,3,5,7H2. The van der Waals surface area contributed by atoms with Gasteiger partial charge in [-0.25, -0.2) is 4.98 Å². The third-order valence-electron chi connectivity index (χ3n) is 3.80. The number of nitrogens with zero attached hydrogens (tertiary/aromatic N) is 2. The zero-order valence-corrected chi connectivity index (χ0v) is 9.89. The maximum Gasteiger partial charge on any atom is 0.185 e. The van der Waals surface area contributed by atoms with Gasteiger partial charge in [0.2, 0.25) is 0 Å². The average Bonchev–Trinajstić information content (AvgIpc) is 2.89. The summed E-state index contributed by atoms with van der Waals surface area (Å²) in [6, 6.07) is 9.72. The van der Waals surface area contributed by atoms with Gasteiger partial charge < -0.3 is 4.40 Å². The molecule has 0 fully saturated rings. The third kappa shape index (κ3) is 1.19. The topological polar surface area (TPSA) is 34.4 Å².